The Morgan fingerprint density at radius 3 is 2.18 bits per heavy atom. The summed E-state index contributed by atoms with van der Waals surface area (Å²) in [5, 5.41) is 0. The molecule has 0 atom stereocenters. The van der Waals surface area contributed by atoms with E-state index in [1.54, 1.807) is 0 Å². The lowest BCUT2D eigenvalue weighted by Crippen LogP contribution is -2.13. The van der Waals surface area contributed by atoms with Crippen LogP contribution in [0.1, 0.15) is 32.0 Å². The molecular weight excluding hydrogens is 208 g/mol. The second-order valence-corrected chi connectivity index (χ2v) is 5.35. The monoisotopic (exact) mass is 226 g/mol. The van der Waals surface area contributed by atoms with Crippen molar-refractivity contribution in [2.45, 2.75) is 33.1 Å². The molecule has 0 spiro atoms. The van der Waals surface area contributed by atoms with Crippen LogP contribution in [0.2, 0.25) is 0 Å². The first-order valence-electron chi connectivity index (χ1n) is 5.87. The molecule has 0 N–H and O–H groups in total. The Hall–Kier alpha value is -1.70. The number of hydrogen-bond acceptors (Lipinski definition) is 2. The molecule has 0 saturated heterocycles. The summed E-state index contributed by atoms with van der Waals surface area (Å²) in [6.45, 7) is 8.52. The van der Waals surface area contributed by atoms with Crippen LogP contribution < -0.4 is 0 Å². The lowest BCUT2D eigenvalue weighted by Gasteiger charge is -2.17. The number of benzene rings is 1. The van der Waals surface area contributed by atoms with E-state index in [1.807, 2.05) is 24.5 Å². The Labute approximate surface area is 103 Å². The van der Waals surface area contributed by atoms with Gasteiger partial charge in [0.25, 0.3) is 0 Å². The van der Waals surface area contributed by atoms with E-state index in [4.69, 9.17) is 0 Å². The van der Waals surface area contributed by atoms with Crippen LogP contribution in [0.3, 0.4) is 0 Å². The van der Waals surface area contributed by atoms with Gasteiger partial charge in [0.1, 0.15) is 0 Å². The molecule has 0 aliphatic heterocycles. The zero-order chi connectivity index (χ0) is 12.5. The average molecular weight is 226 g/mol. The smallest absolute Gasteiger partial charge is 0.0888 e. The number of rotatable bonds is 1. The van der Waals surface area contributed by atoms with Crippen LogP contribution in [-0.2, 0) is 5.41 Å². The van der Waals surface area contributed by atoms with Crippen molar-refractivity contribution in [2.24, 2.45) is 0 Å². The lowest BCUT2D eigenvalue weighted by atomic mass is 9.92. The van der Waals surface area contributed by atoms with Gasteiger partial charge in [-0.1, -0.05) is 45.0 Å². The summed E-state index contributed by atoms with van der Waals surface area (Å²) in [5.41, 5.74) is 4.40. The van der Waals surface area contributed by atoms with Crippen LogP contribution in [0.4, 0.5) is 0 Å². The largest absolute Gasteiger partial charge is 0.257 e. The summed E-state index contributed by atoms with van der Waals surface area (Å²) in [7, 11) is 0. The first-order chi connectivity index (χ1) is 7.98. The molecule has 2 rings (SSSR count). The molecule has 1 aromatic heterocycles. The van der Waals surface area contributed by atoms with E-state index in [0.717, 1.165) is 17.0 Å². The van der Waals surface area contributed by atoms with E-state index in [-0.39, 0.29) is 5.41 Å². The van der Waals surface area contributed by atoms with Crippen molar-refractivity contribution in [1.29, 1.82) is 0 Å². The summed E-state index contributed by atoms with van der Waals surface area (Å²) in [5.74, 6) is 0. The van der Waals surface area contributed by atoms with Crippen molar-refractivity contribution in [3.63, 3.8) is 0 Å². The molecule has 1 heterocycles. The molecule has 2 heteroatoms. The molecule has 0 saturated carbocycles. The van der Waals surface area contributed by atoms with Gasteiger partial charge in [-0.25, -0.2) is 0 Å². The van der Waals surface area contributed by atoms with Crippen molar-refractivity contribution in [3.05, 3.63) is 47.9 Å². The average Bonchev–Trinajstić information content (AvgIpc) is 2.29. The van der Waals surface area contributed by atoms with Gasteiger partial charge in [0, 0.05) is 17.2 Å². The maximum Gasteiger partial charge on any atom is 0.0888 e. The first kappa shape index (κ1) is 11.8. The highest BCUT2D eigenvalue weighted by atomic mass is 14.8. The Morgan fingerprint density at radius 1 is 0.941 bits per heavy atom. The van der Waals surface area contributed by atoms with Gasteiger partial charge in [-0.15, -0.1) is 0 Å². The van der Waals surface area contributed by atoms with Gasteiger partial charge < -0.3 is 0 Å². The molecule has 1 aromatic carbocycles. The molecular formula is C15H18N2. The predicted octanol–water partition coefficient (Wildman–Crippen LogP) is 3.75. The highest BCUT2D eigenvalue weighted by Crippen LogP contribution is 2.23. The van der Waals surface area contributed by atoms with Crippen LogP contribution in [0.15, 0.2) is 36.7 Å². The van der Waals surface area contributed by atoms with Crippen LogP contribution in [0.5, 0.6) is 0 Å². The third-order valence-corrected chi connectivity index (χ3v) is 2.84. The Kier molecular flexibility index (Phi) is 2.97. The van der Waals surface area contributed by atoms with E-state index < -0.39 is 0 Å². The predicted molar refractivity (Wildman–Crippen MR) is 70.9 cm³/mol. The third kappa shape index (κ3) is 2.52. The van der Waals surface area contributed by atoms with Gasteiger partial charge in [0.2, 0.25) is 0 Å². The SMILES string of the molecule is Cc1ccccc1-c1cnc(C(C)(C)C)cn1. The van der Waals surface area contributed by atoms with Crippen LogP contribution in [0.25, 0.3) is 11.3 Å². The van der Waals surface area contributed by atoms with Gasteiger partial charge in [0.15, 0.2) is 0 Å². The molecule has 0 fully saturated rings. The Balaban J connectivity index is 2.40. The first-order valence-corrected chi connectivity index (χ1v) is 5.87. The topological polar surface area (TPSA) is 25.8 Å². The zero-order valence-electron chi connectivity index (χ0n) is 10.9. The van der Waals surface area contributed by atoms with E-state index in [2.05, 4.69) is 49.8 Å². The number of nitrogens with zero attached hydrogens (tertiary/aromatic N) is 2. The van der Waals surface area contributed by atoms with Gasteiger partial charge in [-0.05, 0) is 12.5 Å². The molecule has 0 aliphatic carbocycles. The molecule has 0 bridgehead atoms. The van der Waals surface area contributed by atoms with Crippen molar-refractivity contribution < 1.29 is 0 Å². The number of hydrogen-bond donors (Lipinski definition) is 0. The van der Waals surface area contributed by atoms with E-state index >= 15 is 0 Å². The van der Waals surface area contributed by atoms with Crippen LogP contribution in [0, 0.1) is 6.92 Å². The summed E-state index contributed by atoms with van der Waals surface area (Å²) >= 11 is 0. The molecule has 2 nitrogen and oxygen atoms in total. The highest BCUT2D eigenvalue weighted by molar-refractivity contribution is 5.62. The van der Waals surface area contributed by atoms with Crippen LogP contribution >= 0.6 is 0 Å². The molecule has 0 aliphatic rings. The fourth-order valence-corrected chi connectivity index (χ4v) is 1.71. The maximum absolute atomic E-state index is 4.51. The normalized spacial score (nSPS) is 11.5. The molecule has 2 aromatic rings. The molecule has 0 radical (unpaired) electrons. The van der Waals surface area contributed by atoms with Crippen molar-refractivity contribution in [2.75, 3.05) is 0 Å². The zero-order valence-corrected chi connectivity index (χ0v) is 10.9. The Morgan fingerprint density at radius 2 is 1.65 bits per heavy atom. The fraction of sp³-hybridized carbons (Fsp3) is 0.333. The fourth-order valence-electron chi connectivity index (χ4n) is 1.71. The lowest BCUT2D eigenvalue weighted by molar-refractivity contribution is 0.566. The van der Waals surface area contributed by atoms with Gasteiger partial charge in [-0.2, -0.15) is 0 Å². The van der Waals surface area contributed by atoms with Gasteiger partial charge in [0.05, 0.1) is 17.6 Å². The Bertz CT molecular complexity index is 507. The molecule has 0 amide bonds. The summed E-state index contributed by atoms with van der Waals surface area (Å²) < 4.78 is 0. The van der Waals surface area contributed by atoms with Gasteiger partial charge >= 0.3 is 0 Å². The summed E-state index contributed by atoms with van der Waals surface area (Å²) in [4.78, 5) is 9.02. The number of aryl methyl sites for hydroxylation is 1. The quantitative estimate of drug-likeness (QED) is 0.740. The van der Waals surface area contributed by atoms with Gasteiger partial charge in [-0.3, -0.25) is 9.97 Å². The molecule has 17 heavy (non-hydrogen) atoms. The molecule has 88 valence electrons. The van der Waals surface area contributed by atoms with Crippen LogP contribution in [-0.4, -0.2) is 9.97 Å². The van der Waals surface area contributed by atoms with Crippen molar-refractivity contribution >= 4 is 0 Å². The number of aromatic nitrogens is 2. The molecule has 0 unspecified atom stereocenters. The standard InChI is InChI=1S/C15H18N2/c1-11-7-5-6-8-12(11)13-9-17-14(10-16-13)15(2,3)4/h5-10H,1-4H3. The minimum Gasteiger partial charge on any atom is -0.257 e. The maximum atomic E-state index is 4.51. The highest BCUT2D eigenvalue weighted by Gasteiger charge is 2.15. The summed E-state index contributed by atoms with van der Waals surface area (Å²) in [6, 6.07) is 8.24. The van der Waals surface area contributed by atoms with Crippen molar-refractivity contribution in [3.8, 4) is 11.3 Å². The van der Waals surface area contributed by atoms with Crippen molar-refractivity contribution in [1.82, 2.24) is 9.97 Å². The third-order valence-electron chi connectivity index (χ3n) is 2.84. The van der Waals surface area contributed by atoms with E-state index in [0.29, 0.717) is 0 Å². The minimum absolute atomic E-state index is 0.0528. The minimum atomic E-state index is 0.0528. The van der Waals surface area contributed by atoms with E-state index in [1.165, 1.54) is 5.56 Å². The van der Waals surface area contributed by atoms with E-state index in [9.17, 15) is 0 Å². The summed E-state index contributed by atoms with van der Waals surface area (Å²) in [6.07, 6.45) is 3.74. The second-order valence-electron chi connectivity index (χ2n) is 5.35. The second kappa shape index (κ2) is 4.28.